The van der Waals surface area contributed by atoms with E-state index < -0.39 is 18.5 Å². The molecule has 0 spiro atoms. The van der Waals surface area contributed by atoms with Crippen molar-refractivity contribution in [1.29, 1.82) is 5.26 Å². The van der Waals surface area contributed by atoms with Crippen molar-refractivity contribution in [3.05, 3.63) is 83.2 Å². The highest BCUT2D eigenvalue weighted by molar-refractivity contribution is 6.05. The average Bonchev–Trinajstić information content (AvgIpc) is 3.26. The molecule has 7 heteroatoms. The summed E-state index contributed by atoms with van der Waals surface area (Å²) in [5.74, 6) is -0.743. The first kappa shape index (κ1) is 20.9. The van der Waals surface area contributed by atoms with Crippen molar-refractivity contribution in [3.8, 4) is 11.8 Å². The summed E-state index contributed by atoms with van der Waals surface area (Å²) in [4.78, 5) is 25.3. The van der Waals surface area contributed by atoms with Crippen molar-refractivity contribution in [2.45, 2.75) is 13.8 Å². The van der Waals surface area contributed by atoms with Crippen LogP contribution in [0.5, 0.6) is 0 Å². The number of para-hydroxylation sites is 2. The largest absolute Gasteiger partial charge is 0.452 e. The van der Waals surface area contributed by atoms with Crippen molar-refractivity contribution in [2.75, 3.05) is 11.9 Å². The lowest BCUT2D eigenvalue weighted by atomic mass is 10.2. The van der Waals surface area contributed by atoms with Crippen LogP contribution in [0, 0.1) is 25.2 Å². The summed E-state index contributed by atoms with van der Waals surface area (Å²) in [6.45, 7) is 3.26. The number of anilines is 1. The molecule has 0 unspecified atom stereocenters. The molecule has 2 heterocycles. The summed E-state index contributed by atoms with van der Waals surface area (Å²) in [5.41, 5.74) is 4.11. The number of ether oxygens (including phenoxy) is 1. The van der Waals surface area contributed by atoms with E-state index in [0.29, 0.717) is 16.9 Å². The van der Waals surface area contributed by atoms with Crippen LogP contribution < -0.4 is 5.32 Å². The Bertz CT molecular complexity index is 1370. The van der Waals surface area contributed by atoms with Crippen LogP contribution in [0.1, 0.15) is 27.2 Å². The molecule has 0 saturated carbocycles. The minimum absolute atomic E-state index is 0.361. The van der Waals surface area contributed by atoms with Gasteiger partial charge >= 0.3 is 5.97 Å². The first-order valence-corrected chi connectivity index (χ1v) is 10.1. The summed E-state index contributed by atoms with van der Waals surface area (Å²) in [5, 5.41) is 13.2. The van der Waals surface area contributed by atoms with Crippen LogP contribution in [-0.2, 0) is 16.6 Å². The number of nitrogens with one attached hydrogen (secondary N) is 1. The van der Waals surface area contributed by atoms with E-state index in [1.54, 1.807) is 6.20 Å². The number of aryl methyl sites for hydroxylation is 1. The summed E-state index contributed by atoms with van der Waals surface area (Å²) < 4.78 is 8.94. The van der Waals surface area contributed by atoms with Crippen LogP contribution in [0.25, 0.3) is 16.6 Å². The van der Waals surface area contributed by atoms with E-state index in [1.807, 2.05) is 84.6 Å². The maximum Gasteiger partial charge on any atom is 0.340 e. The molecule has 32 heavy (non-hydrogen) atoms. The third kappa shape index (κ3) is 3.63. The van der Waals surface area contributed by atoms with Crippen LogP contribution in [0.3, 0.4) is 0 Å². The normalized spacial score (nSPS) is 10.7. The van der Waals surface area contributed by atoms with Gasteiger partial charge in [0.25, 0.3) is 5.91 Å². The smallest absolute Gasteiger partial charge is 0.340 e. The summed E-state index contributed by atoms with van der Waals surface area (Å²) in [7, 11) is 1.84. The zero-order chi connectivity index (χ0) is 22.8. The Hall–Kier alpha value is -4.31. The zero-order valence-corrected chi connectivity index (χ0v) is 18.0. The number of benzene rings is 2. The number of amides is 1. The standard InChI is InChI=1S/C25H22N4O3/c1-16-17(2)29(18-9-5-4-6-10-18)24(20(16)13-26)27-23(30)15-32-25(31)21-14-28(3)22-12-8-7-11-19(21)22/h4-12,14H,15H2,1-3H3,(H,27,30). The van der Waals surface area contributed by atoms with Gasteiger partial charge in [-0.25, -0.2) is 4.79 Å². The van der Waals surface area contributed by atoms with Crippen molar-refractivity contribution in [3.63, 3.8) is 0 Å². The lowest BCUT2D eigenvalue weighted by Gasteiger charge is -2.13. The second-order valence-corrected chi connectivity index (χ2v) is 7.51. The van der Waals surface area contributed by atoms with Crippen LogP contribution in [0.15, 0.2) is 60.8 Å². The molecule has 4 rings (SSSR count). The van der Waals surface area contributed by atoms with Gasteiger partial charge in [-0.3, -0.25) is 9.36 Å². The fourth-order valence-corrected chi connectivity index (χ4v) is 3.84. The van der Waals surface area contributed by atoms with E-state index in [4.69, 9.17) is 4.74 Å². The molecule has 0 aliphatic rings. The number of carbonyl (C=O) groups excluding carboxylic acids is 2. The molecule has 0 fully saturated rings. The molecule has 0 bridgehead atoms. The Kier molecular flexibility index (Phi) is 5.52. The maximum atomic E-state index is 12.7. The fraction of sp³-hybridized carbons (Fsp3) is 0.160. The number of hydrogen-bond acceptors (Lipinski definition) is 4. The number of aromatic nitrogens is 2. The van der Waals surface area contributed by atoms with Crippen LogP contribution in [0.2, 0.25) is 0 Å². The average molecular weight is 426 g/mol. The number of hydrogen-bond donors (Lipinski definition) is 1. The third-order valence-electron chi connectivity index (χ3n) is 5.55. The molecule has 0 aliphatic carbocycles. The third-order valence-corrected chi connectivity index (χ3v) is 5.55. The molecular weight excluding hydrogens is 404 g/mol. The van der Waals surface area contributed by atoms with Gasteiger partial charge in [-0.15, -0.1) is 0 Å². The van der Waals surface area contributed by atoms with Crippen LogP contribution in [-0.4, -0.2) is 27.6 Å². The maximum absolute atomic E-state index is 12.7. The predicted molar refractivity (Wildman–Crippen MR) is 122 cm³/mol. The van der Waals surface area contributed by atoms with Crippen molar-refractivity contribution in [2.24, 2.45) is 7.05 Å². The molecule has 0 atom stereocenters. The second-order valence-electron chi connectivity index (χ2n) is 7.51. The van der Waals surface area contributed by atoms with E-state index >= 15 is 0 Å². The molecule has 0 aliphatic heterocycles. The molecule has 2 aromatic carbocycles. The number of nitrogens with zero attached hydrogens (tertiary/aromatic N) is 3. The highest BCUT2D eigenvalue weighted by Gasteiger charge is 2.22. The molecule has 160 valence electrons. The second kappa shape index (κ2) is 8.44. The Morgan fingerprint density at radius 2 is 1.75 bits per heavy atom. The number of rotatable bonds is 5. The highest BCUT2D eigenvalue weighted by Crippen LogP contribution is 2.30. The Balaban J connectivity index is 1.55. The lowest BCUT2D eigenvalue weighted by molar-refractivity contribution is -0.119. The van der Waals surface area contributed by atoms with Gasteiger partial charge in [-0.05, 0) is 37.6 Å². The lowest BCUT2D eigenvalue weighted by Crippen LogP contribution is -2.22. The number of esters is 1. The van der Waals surface area contributed by atoms with E-state index in [0.717, 1.165) is 27.8 Å². The zero-order valence-electron chi connectivity index (χ0n) is 18.0. The molecular formula is C25H22N4O3. The topological polar surface area (TPSA) is 89.1 Å². The van der Waals surface area contributed by atoms with E-state index in [-0.39, 0.29) is 0 Å². The number of fused-ring (bicyclic) bond motifs is 1. The molecule has 4 aromatic rings. The van der Waals surface area contributed by atoms with Gasteiger partial charge in [0.1, 0.15) is 11.9 Å². The van der Waals surface area contributed by atoms with E-state index in [2.05, 4.69) is 11.4 Å². The fourth-order valence-electron chi connectivity index (χ4n) is 3.84. The van der Waals surface area contributed by atoms with Crippen LogP contribution in [0.4, 0.5) is 5.82 Å². The molecule has 2 aromatic heterocycles. The summed E-state index contributed by atoms with van der Waals surface area (Å²) in [6, 6.07) is 19.1. The first-order valence-electron chi connectivity index (χ1n) is 10.1. The molecule has 0 radical (unpaired) electrons. The monoisotopic (exact) mass is 426 g/mol. The van der Waals surface area contributed by atoms with Crippen molar-refractivity contribution in [1.82, 2.24) is 9.13 Å². The SMILES string of the molecule is Cc1c(C#N)c(NC(=O)COC(=O)c2cn(C)c3ccccc23)n(-c2ccccc2)c1C. The van der Waals surface area contributed by atoms with Gasteiger partial charge in [-0.1, -0.05) is 36.4 Å². The van der Waals surface area contributed by atoms with Crippen molar-refractivity contribution >= 4 is 28.6 Å². The number of carbonyl (C=O) groups is 2. The highest BCUT2D eigenvalue weighted by atomic mass is 16.5. The van der Waals surface area contributed by atoms with Crippen LogP contribution >= 0.6 is 0 Å². The van der Waals surface area contributed by atoms with Crippen molar-refractivity contribution < 1.29 is 14.3 Å². The summed E-state index contributed by atoms with van der Waals surface area (Å²) in [6.07, 6.45) is 1.69. The van der Waals surface area contributed by atoms with Gasteiger partial charge in [0.2, 0.25) is 0 Å². The minimum Gasteiger partial charge on any atom is -0.452 e. The number of nitriles is 1. The van der Waals surface area contributed by atoms with Gasteiger partial charge in [0, 0.05) is 35.5 Å². The Morgan fingerprint density at radius 1 is 1.06 bits per heavy atom. The Morgan fingerprint density at radius 3 is 2.47 bits per heavy atom. The Labute approximate surface area is 185 Å². The molecule has 0 saturated heterocycles. The van der Waals surface area contributed by atoms with Gasteiger partial charge in [0.15, 0.2) is 6.61 Å². The minimum atomic E-state index is -0.580. The van der Waals surface area contributed by atoms with Gasteiger partial charge < -0.3 is 14.6 Å². The molecule has 7 nitrogen and oxygen atoms in total. The summed E-state index contributed by atoms with van der Waals surface area (Å²) >= 11 is 0. The van der Waals surface area contributed by atoms with Gasteiger partial charge in [0.05, 0.1) is 11.1 Å². The molecule has 1 N–H and O–H groups in total. The molecule has 1 amide bonds. The van der Waals surface area contributed by atoms with Gasteiger partial charge in [-0.2, -0.15) is 5.26 Å². The predicted octanol–water partition coefficient (Wildman–Crippen LogP) is 4.25. The van der Waals surface area contributed by atoms with E-state index in [1.165, 1.54) is 0 Å². The quantitative estimate of drug-likeness (QED) is 0.483. The first-order chi connectivity index (χ1) is 15.4. The van der Waals surface area contributed by atoms with E-state index in [9.17, 15) is 14.9 Å².